The van der Waals surface area contributed by atoms with Gasteiger partial charge in [-0.2, -0.15) is 0 Å². The first-order chi connectivity index (χ1) is 16.6. The van der Waals surface area contributed by atoms with Gasteiger partial charge in [0.15, 0.2) is 0 Å². The molecule has 7 N–H and O–H groups in total. The number of aromatic hydroxyl groups is 1. The quantitative estimate of drug-likeness (QED) is 0.222. The van der Waals surface area contributed by atoms with Crippen LogP contribution in [0.1, 0.15) is 45.1 Å². The van der Waals surface area contributed by atoms with Gasteiger partial charge in [0.05, 0.1) is 12.6 Å². The molecule has 1 aromatic rings. The Kier molecular flexibility index (Phi) is 10.8. The lowest BCUT2D eigenvalue weighted by Crippen LogP contribution is -2.56. The first kappa shape index (κ1) is 27.9. The molecule has 0 radical (unpaired) electrons. The van der Waals surface area contributed by atoms with Gasteiger partial charge in [0, 0.05) is 18.9 Å². The highest BCUT2D eigenvalue weighted by atomic mass is 16.4. The van der Waals surface area contributed by atoms with E-state index >= 15 is 0 Å². The standard InChI is InChI=1S/C24H36N4O7/c1-14(2)10-19(22(32)26-17(13-29)12-16-4-3-9-25-21(16)31)27-23(33)20(28-24(34)35)11-15-5-7-18(30)8-6-15/h5-8,14,16-17,19-20,28-30H,3-4,9-13H2,1-2H3,(H,25,31)(H,26,32)(H,27,33)(H,34,35)/t16-,17?,19?,20?/m0/s1. The number of hydrogen-bond acceptors (Lipinski definition) is 6. The van der Waals surface area contributed by atoms with Gasteiger partial charge in [-0.05, 0) is 49.3 Å². The summed E-state index contributed by atoms with van der Waals surface area (Å²) in [5, 5.41) is 38.8. The molecule has 1 saturated heterocycles. The second kappa shape index (κ2) is 13.5. The molecule has 35 heavy (non-hydrogen) atoms. The number of carboxylic acid groups (broad SMARTS) is 1. The zero-order chi connectivity index (χ0) is 26.0. The SMILES string of the molecule is CC(C)CC(NC(=O)C(Cc1ccc(O)cc1)NC(=O)O)C(=O)NC(CO)C[C@@H]1CCCNC1=O. The first-order valence-corrected chi connectivity index (χ1v) is 11.9. The molecule has 1 fully saturated rings. The number of phenolic OH excluding ortho intramolecular Hbond substituents is 1. The highest BCUT2D eigenvalue weighted by molar-refractivity contribution is 5.91. The van der Waals surface area contributed by atoms with Crippen LogP contribution in [0.2, 0.25) is 0 Å². The van der Waals surface area contributed by atoms with Crippen LogP contribution in [0.3, 0.4) is 0 Å². The third kappa shape index (κ3) is 9.44. The molecule has 194 valence electrons. The third-order valence-corrected chi connectivity index (χ3v) is 5.87. The van der Waals surface area contributed by atoms with Gasteiger partial charge in [-0.1, -0.05) is 26.0 Å². The van der Waals surface area contributed by atoms with Crippen molar-refractivity contribution in [3.8, 4) is 5.75 Å². The Hall–Kier alpha value is -3.34. The highest BCUT2D eigenvalue weighted by Crippen LogP contribution is 2.18. The van der Waals surface area contributed by atoms with Crippen molar-refractivity contribution in [1.82, 2.24) is 21.3 Å². The van der Waals surface area contributed by atoms with Crippen LogP contribution in [-0.4, -0.2) is 70.4 Å². The van der Waals surface area contributed by atoms with E-state index in [1.54, 1.807) is 12.1 Å². The molecule has 1 aliphatic heterocycles. The maximum Gasteiger partial charge on any atom is 0.405 e. The zero-order valence-electron chi connectivity index (χ0n) is 20.1. The number of amides is 4. The normalized spacial score (nSPS) is 18.2. The Balaban J connectivity index is 2.08. The Morgan fingerprint density at radius 3 is 2.29 bits per heavy atom. The Labute approximate surface area is 204 Å². The molecule has 0 saturated carbocycles. The lowest BCUT2D eigenvalue weighted by Gasteiger charge is -2.28. The number of phenols is 1. The number of aliphatic hydroxyl groups excluding tert-OH is 1. The van der Waals surface area contributed by atoms with Gasteiger partial charge >= 0.3 is 6.09 Å². The van der Waals surface area contributed by atoms with Crippen molar-refractivity contribution >= 4 is 23.8 Å². The van der Waals surface area contributed by atoms with E-state index in [2.05, 4.69) is 21.3 Å². The van der Waals surface area contributed by atoms with E-state index in [4.69, 9.17) is 0 Å². The number of benzene rings is 1. The van der Waals surface area contributed by atoms with Gasteiger partial charge in [0.25, 0.3) is 0 Å². The van der Waals surface area contributed by atoms with Crippen molar-refractivity contribution in [3.63, 3.8) is 0 Å². The molecular formula is C24H36N4O7. The van der Waals surface area contributed by atoms with Gasteiger partial charge in [0.2, 0.25) is 17.7 Å². The molecule has 1 heterocycles. The average Bonchev–Trinajstić information content (AvgIpc) is 2.79. The predicted octanol–water partition coefficient (Wildman–Crippen LogP) is 0.495. The molecule has 4 amide bonds. The van der Waals surface area contributed by atoms with E-state index < -0.39 is 36.0 Å². The summed E-state index contributed by atoms with van der Waals surface area (Å²) < 4.78 is 0. The summed E-state index contributed by atoms with van der Waals surface area (Å²) in [7, 11) is 0. The van der Waals surface area contributed by atoms with Crippen molar-refractivity contribution in [2.45, 2.75) is 64.1 Å². The van der Waals surface area contributed by atoms with Gasteiger partial charge in [-0.15, -0.1) is 0 Å². The number of rotatable bonds is 12. The summed E-state index contributed by atoms with van der Waals surface area (Å²) in [5.74, 6) is -1.53. The minimum Gasteiger partial charge on any atom is -0.508 e. The van der Waals surface area contributed by atoms with Crippen molar-refractivity contribution in [1.29, 1.82) is 0 Å². The van der Waals surface area contributed by atoms with Gasteiger partial charge in [-0.25, -0.2) is 4.79 Å². The molecular weight excluding hydrogens is 456 g/mol. The zero-order valence-corrected chi connectivity index (χ0v) is 20.1. The lowest BCUT2D eigenvalue weighted by atomic mass is 9.91. The first-order valence-electron chi connectivity index (χ1n) is 11.9. The van der Waals surface area contributed by atoms with E-state index in [-0.39, 0.29) is 42.9 Å². The molecule has 11 nitrogen and oxygen atoms in total. The Morgan fingerprint density at radius 2 is 1.71 bits per heavy atom. The van der Waals surface area contributed by atoms with Crippen LogP contribution < -0.4 is 21.3 Å². The lowest BCUT2D eigenvalue weighted by molar-refractivity contribution is -0.131. The Bertz CT molecular complexity index is 875. The molecule has 4 atom stereocenters. The van der Waals surface area contributed by atoms with E-state index in [0.29, 0.717) is 24.9 Å². The fourth-order valence-electron chi connectivity index (χ4n) is 4.09. The smallest absolute Gasteiger partial charge is 0.405 e. The minimum absolute atomic E-state index is 0.0183. The molecule has 0 spiro atoms. The number of piperidine rings is 1. The maximum absolute atomic E-state index is 13.0. The Morgan fingerprint density at radius 1 is 1.06 bits per heavy atom. The van der Waals surface area contributed by atoms with E-state index in [9.17, 15) is 34.5 Å². The number of carbonyl (C=O) groups is 4. The fourth-order valence-corrected chi connectivity index (χ4v) is 4.09. The number of carbonyl (C=O) groups excluding carboxylic acids is 3. The fraction of sp³-hybridized carbons (Fsp3) is 0.583. The number of nitrogens with one attached hydrogen (secondary N) is 4. The van der Waals surface area contributed by atoms with Crippen molar-refractivity contribution in [2.24, 2.45) is 11.8 Å². The van der Waals surface area contributed by atoms with Crippen LogP contribution in [0.25, 0.3) is 0 Å². The summed E-state index contributed by atoms with van der Waals surface area (Å²) in [4.78, 5) is 49.4. The van der Waals surface area contributed by atoms with E-state index in [1.165, 1.54) is 12.1 Å². The van der Waals surface area contributed by atoms with Crippen molar-refractivity contribution < 1.29 is 34.5 Å². The maximum atomic E-state index is 13.0. The van der Waals surface area contributed by atoms with Gasteiger partial charge in [0.1, 0.15) is 17.8 Å². The molecule has 1 aliphatic rings. The molecule has 11 heteroatoms. The van der Waals surface area contributed by atoms with Crippen LogP contribution in [0.5, 0.6) is 5.75 Å². The second-order valence-corrected chi connectivity index (χ2v) is 9.32. The summed E-state index contributed by atoms with van der Waals surface area (Å²) in [6, 6.07) is 3.22. The minimum atomic E-state index is -1.39. The molecule has 0 bridgehead atoms. The highest BCUT2D eigenvalue weighted by Gasteiger charge is 2.30. The molecule has 0 aliphatic carbocycles. The average molecular weight is 493 g/mol. The molecule has 3 unspecified atom stereocenters. The largest absolute Gasteiger partial charge is 0.508 e. The molecule has 2 rings (SSSR count). The third-order valence-electron chi connectivity index (χ3n) is 5.87. The van der Waals surface area contributed by atoms with Gasteiger partial charge in [-0.3, -0.25) is 14.4 Å². The summed E-state index contributed by atoms with van der Waals surface area (Å²) in [6.45, 7) is 4.02. The molecule has 0 aromatic heterocycles. The topological polar surface area (TPSA) is 177 Å². The summed E-state index contributed by atoms with van der Waals surface area (Å²) in [6.07, 6.45) is 0.696. The number of hydrogen-bond donors (Lipinski definition) is 7. The van der Waals surface area contributed by atoms with Crippen LogP contribution in [0.4, 0.5) is 4.79 Å². The van der Waals surface area contributed by atoms with Crippen LogP contribution in [-0.2, 0) is 20.8 Å². The van der Waals surface area contributed by atoms with Crippen molar-refractivity contribution in [2.75, 3.05) is 13.2 Å². The van der Waals surface area contributed by atoms with E-state index in [0.717, 1.165) is 6.42 Å². The van der Waals surface area contributed by atoms with E-state index in [1.807, 2.05) is 13.8 Å². The number of aliphatic hydroxyl groups is 1. The van der Waals surface area contributed by atoms with Crippen molar-refractivity contribution in [3.05, 3.63) is 29.8 Å². The second-order valence-electron chi connectivity index (χ2n) is 9.32. The molecule has 1 aromatic carbocycles. The monoisotopic (exact) mass is 492 g/mol. The van der Waals surface area contributed by atoms with Crippen LogP contribution in [0.15, 0.2) is 24.3 Å². The van der Waals surface area contributed by atoms with Crippen LogP contribution in [0, 0.1) is 11.8 Å². The predicted molar refractivity (Wildman–Crippen MR) is 128 cm³/mol. The van der Waals surface area contributed by atoms with Crippen LogP contribution >= 0.6 is 0 Å². The summed E-state index contributed by atoms with van der Waals surface area (Å²) in [5.41, 5.74) is 0.618. The summed E-state index contributed by atoms with van der Waals surface area (Å²) >= 11 is 0. The van der Waals surface area contributed by atoms with Gasteiger partial charge < -0.3 is 36.6 Å².